The lowest BCUT2D eigenvalue weighted by Crippen LogP contribution is -2.32. The average molecular weight is 358 g/mol. The second kappa shape index (κ2) is 12.5. The molecule has 0 aromatic heterocycles. The van der Waals surface area contributed by atoms with Gasteiger partial charge < -0.3 is 24.6 Å². The van der Waals surface area contributed by atoms with Crippen LogP contribution in [0, 0.1) is 0 Å². The van der Waals surface area contributed by atoms with E-state index in [2.05, 4.69) is 9.05 Å². The van der Waals surface area contributed by atoms with Crippen LogP contribution in [0.15, 0.2) is 0 Å². The van der Waals surface area contributed by atoms with E-state index in [1.54, 1.807) is 0 Å². The molecular formula is C12H23O10P. The van der Waals surface area contributed by atoms with Gasteiger partial charge in [-0.15, -0.1) is 0 Å². The predicted octanol–water partition coefficient (Wildman–Crippen LogP) is -0.0321. The van der Waals surface area contributed by atoms with Crippen molar-refractivity contribution in [3.8, 4) is 0 Å². The minimum atomic E-state index is -4.23. The van der Waals surface area contributed by atoms with E-state index in [1.165, 1.54) is 0 Å². The van der Waals surface area contributed by atoms with Crippen LogP contribution in [0.1, 0.15) is 19.8 Å². The molecule has 2 atom stereocenters. The number of carbonyl (C=O) groups is 2. The molecule has 0 aliphatic rings. The molecule has 23 heavy (non-hydrogen) atoms. The maximum Gasteiger partial charge on any atom is 0.472 e. The highest BCUT2D eigenvalue weighted by atomic mass is 31.2. The minimum absolute atomic E-state index is 0.107. The maximum absolute atomic E-state index is 11.4. The fourth-order valence-electron chi connectivity index (χ4n) is 1.22. The lowest BCUT2D eigenvalue weighted by molar-refractivity contribution is -0.154. The van der Waals surface area contributed by atoms with E-state index in [0.29, 0.717) is 6.61 Å². The Hall–Kier alpha value is -0.870. The van der Waals surface area contributed by atoms with Crippen LogP contribution in [0.3, 0.4) is 0 Å². The molecule has 136 valence electrons. The summed E-state index contributed by atoms with van der Waals surface area (Å²) in [7, 11) is -4.23. The molecule has 0 rings (SSSR count). The number of carbonyl (C=O) groups excluding carboxylic acids is 1. The molecule has 0 aliphatic carbocycles. The summed E-state index contributed by atoms with van der Waals surface area (Å²) in [5.41, 5.74) is 0. The van der Waals surface area contributed by atoms with Crippen molar-refractivity contribution in [1.29, 1.82) is 0 Å². The van der Waals surface area contributed by atoms with E-state index < -0.39 is 32.3 Å². The summed E-state index contributed by atoms with van der Waals surface area (Å²) in [5.74, 6) is -3.17. The number of aliphatic hydroxyl groups is 1. The third kappa shape index (κ3) is 12.2. The van der Waals surface area contributed by atoms with Gasteiger partial charge >= 0.3 is 13.8 Å². The van der Waals surface area contributed by atoms with Crippen molar-refractivity contribution in [3.05, 3.63) is 0 Å². The van der Waals surface area contributed by atoms with E-state index >= 15 is 0 Å². The molecule has 2 unspecified atom stereocenters. The van der Waals surface area contributed by atoms with Gasteiger partial charge in [-0.2, -0.15) is 0 Å². The van der Waals surface area contributed by atoms with Gasteiger partial charge in [0.15, 0.2) is 0 Å². The number of ketones is 1. The van der Waals surface area contributed by atoms with Crippen LogP contribution >= 0.6 is 7.82 Å². The molecule has 0 aliphatic heterocycles. The molecule has 0 bridgehead atoms. The molecular weight excluding hydrogens is 335 g/mol. The van der Waals surface area contributed by atoms with Crippen molar-refractivity contribution in [1.82, 2.24) is 0 Å². The smallest absolute Gasteiger partial charge is 0.472 e. The Morgan fingerprint density at radius 1 is 1.04 bits per heavy atom. The first-order chi connectivity index (χ1) is 10.8. The Bertz CT molecular complexity index is 399. The number of hydrogen-bond acceptors (Lipinski definition) is 8. The molecule has 0 amide bonds. The van der Waals surface area contributed by atoms with Gasteiger partial charge in [0.2, 0.25) is 0 Å². The summed E-state index contributed by atoms with van der Waals surface area (Å²) in [6.45, 7) is 1.48. The summed E-state index contributed by atoms with van der Waals surface area (Å²) in [5, 5.41) is 17.4. The second-order valence-corrected chi connectivity index (χ2v) is 5.81. The average Bonchev–Trinajstić information content (AvgIpc) is 2.49. The number of Topliss-reactive ketones (excluding diaryl/α,β-unsaturated/α-hetero) is 1. The summed E-state index contributed by atoms with van der Waals surface area (Å²) in [6.07, 6.45) is 0.0701. The number of unbranched alkanes of at least 4 members (excludes halogenated alkanes) is 1. The fourth-order valence-corrected chi connectivity index (χ4v) is 1.91. The third-order valence-corrected chi connectivity index (χ3v) is 3.41. The van der Waals surface area contributed by atoms with Gasteiger partial charge in [-0.3, -0.25) is 13.8 Å². The topological polar surface area (TPSA) is 149 Å². The van der Waals surface area contributed by atoms with E-state index in [-0.39, 0.29) is 26.4 Å². The highest BCUT2D eigenvalue weighted by molar-refractivity contribution is 7.47. The largest absolute Gasteiger partial charge is 0.475 e. The molecule has 0 aromatic carbocycles. The minimum Gasteiger partial charge on any atom is -0.475 e. The molecule has 10 nitrogen and oxygen atoms in total. The predicted molar refractivity (Wildman–Crippen MR) is 76.9 cm³/mol. The second-order valence-electron chi connectivity index (χ2n) is 4.36. The number of carboxylic acid groups (broad SMARTS) is 1. The van der Waals surface area contributed by atoms with Crippen molar-refractivity contribution in [2.24, 2.45) is 0 Å². The molecule has 0 saturated heterocycles. The molecule has 0 radical (unpaired) electrons. The standard InChI is InChI=1S/C12H23O10P/c1-2-3-4-19-5-7-21-23(17,18)22-8-6-20-9-10(13)11(14)12(15)16/h10,13H,2-9H2,1H3,(H,15,16)(H,17,18). The molecule has 3 N–H and O–H groups in total. The first-order valence-corrected chi connectivity index (χ1v) is 8.52. The number of phosphoric acid groups is 1. The van der Waals surface area contributed by atoms with Gasteiger partial charge in [0.1, 0.15) is 6.10 Å². The van der Waals surface area contributed by atoms with Gasteiger partial charge in [0, 0.05) is 6.61 Å². The summed E-state index contributed by atoms with van der Waals surface area (Å²) in [4.78, 5) is 30.4. The zero-order valence-corrected chi connectivity index (χ0v) is 13.8. The van der Waals surface area contributed by atoms with E-state index in [0.717, 1.165) is 12.8 Å². The van der Waals surface area contributed by atoms with Crippen molar-refractivity contribution >= 4 is 19.6 Å². The first kappa shape index (κ1) is 22.1. The van der Waals surface area contributed by atoms with Crippen LogP contribution in [0.4, 0.5) is 0 Å². The van der Waals surface area contributed by atoms with Crippen molar-refractivity contribution in [2.75, 3.05) is 39.6 Å². The van der Waals surface area contributed by atoms with Gasteiger partial charge in [0.25, 0.3) is 5.78 Å². The number of ether oxygens (including phenoxy) is 2. The van der Waals surface area contributed by atoms with Crippen molar-refractivity contribution in [2.45, 2.75) is 25.9 Å². The molecule has 11 heteroatoms. The molecule has 0 saturated carbocycles. The molecule has 0 aromatic rings. The summed E-state index contributed by atoms with van der Waals surface area (Å²) < 4.78 is 30.5. The van der Waals surface area contributed by atoms with Crippen LogP contribution in [-0.4, -0.2) is 72.6 Å². The Labute approximate surface area is 133 Å². The van der Waals surface area contributed by atoms with Crippen LogP contribution in [0.2, 0.25) is 0 Å². The number of aliphatic carboxylic acids is 1. The maximum atomic E-state index is 11.4. The van der Waals surface area contributed by atoms with E-state index in [4.69, 9.17) is 19.7 Å². The number of phosphoric ester groups is 1. The van der Waals surface area contributed by atoms with E-state index in [1.807, 2.05) is 6.92 Å². The SMILES string of the molecule is CCCCOCCOP(=O)(O)OCCOCC(O)C(=O)C(=O)O. The quantitative estimate of drug-likeness (QED) is 0.207. The highest BCUT2D eigenvalue weighted by Gasteiger charge is 2.23. The Morgan fingerprint density at radius 3 is 2.13 bits per heavy atom. The molecule has 0 spiro atoms. The Kier molecular flexibility index (Phi) is 12.1. The van der Waals surface area contributed by atoms with Gasteiger partial charge in [0.05, 0.1) is 33.0 Å². The zero-order valence-electron chi connectivity index (χ0n) is 12.9. The fraction of sp³-hybridized carbons (Fsp3) is 0.833. The number of rotatable bonds is 15. The van der Waals surface area contributed by atoms with Gasteiger partial charge in [-0.25, -0.2) is 9.36 Å². The number of hydrogen-bond donors (Lipinski definition) is 3. The summed E-state index contributed by atoms with van der Waals surface area (Å²) in [6, 6.07) is 0. The van der Waals surface area contributed by atoms with Crippen LogP contribution in [0.5, 0.6) is 0 Å². The van der Waals surface area contributed by atoms with E-state index in [9.17, 15) is 19.0 Å². The van der Waals surface area contributed by atoms with Gasteiger partial charge in [-0.05, 0) is 6.42 Å². The number of carboxylic acids is 1. The Balaban J connectivity index is 3.67. The van der Waals surface area contributed by atoms with Crippen LogP contribution in [0.25, 0.3) is 0 Å². The lowest BCUT2D eigenvalue weighted by Gasteiger charge is -2.13. The lowest BCUT2D eigenvalue weighted by atomic mass is 10.2. The summed E-state index contributed by atoms with van der Waals surface area (Å²) >= 11 is 0. The monoisotopic (exact) mass is 358 g/mol. The molecule has 0 heterocycles. The number of aliphatic hydroxyl groups excluding tert-OH is 1. The van der Waals surface area contributed by atoms with Crippen LogP contribution < -0.4 is 0 Å². The first-order valence-electron chi connectivity index (χ1n) is 7.02. The zero-order chi connectivity index (χ0) is 17.7. The van der Waals surface area contributed by atoms with Crippen LogP contribution in [-0.2, 0) is 32.7 Å². The van der Waals surface area contributed by atoms with Crippen molar-refractivity contribution < 1.29 is 47.8 Å². The molecule has 0 fully saturated rings. The van der Waals surface area contributed by atoms with Crippen molar-refractivity contribution in [3.63, 3.8) is 0 Å². The third-order valence-electron chi connectivity index (χ3n) is 2.40. The Morgan fingerprint density at radius 2 is 1.61 bits per heavy atom. The normalized spacial score (nSPS) is 15.1. The highest BCUT2D eigenvalue weighted by Crippen LogP contribution is 2.42. The van der Waals surface area contributed by atoms with Gasteiger partial charge in [-0.1, -0.05) is 13.3 Å².